The van der Waals surface area contributed by atoms with E-state index >= 15 is 0 Å². The van der Waals surface area contributed by atoms with E-state index in [9.17, 15) is 0 Å². The average Bonchev–Trinajstić information content (AvgIpc) is 2.78. The van der Waals surface area contributed by atoms with Crippen LogP contribution >= 0.6 is 11.6 Å². The fraction of sp³-hybridized carbons (Fsp3) is 0.455. The lowest BCUT2D eigenvalue weighted by molar-refractivity contribution is 0.255. The molecular weight excluding hydrogens is 384 g/mol. The summed E-state index contributed by atoms with van der Waals surface area (Å²) in [6, 6.07) is 14.5. The number of aromatic nitrogens is 1. The number of hydrogen-bond donors (Lipinski definition) is 2. The summed E-state index contributed by atoms with van der Waals surface area (Å²) >= 11 is 5.82. The van der Waals surface area contributed by atoms with Gasteiger partial charge in [-0.2, -0.15) is 0 Å². The lowest BCUT2D eigenvalue weighted by Gasteiger charge is -2.36. The molecule has 1 saturated heterocycles. The number of aliphatic imine (C=N–C) groups is 1. The summed E-state index contributed by atoms with van der Waals surface area (Å²) in [6.07, 6.45) is 3.81. The Labute approximate surface area is 179 Å². The molecule has 6 nitrogen and oxygen atoms in total. The maximum atomic E-state index is 5.82. The number of para-hydroxylation sites is 1. The normalized spacial score (nSPS) is 15.4. The molecule has 0 radical (unpaired) electrons. The third kappa shape index (κ3) is 7.22. The lowest BCUT2D eigenvalue weighted by atomic mass is 10.2. The van der Waals surface area contributed by atoms with Crippen LogP contribution in [0.3, 0.4) is 0 Å². The van der Waals surface area contributed by atoms with Crippen LogP contribution in [0, 0.1) is 0 Å². The Bertz CT molecular complexity index is 742. The minimum atomic E-state index is 0.528. The maximum Gasteiger partial charge on any atom is 0.190 e. The number of benzene rings is 1. The molecule has 0 unspecified atom stereocenters. The second-order valence-electron chi connectivity index (χ2n) is 7.18. The van der Waals surface area contributed by atoms with Crippen LogP contribution in [0.2, 0.25) is 5.15 Å². The van der Waals surface area contributed by atoms with Gasteiger partial charge in [0.2, 0.25) is 0 Å². The van der Waals surface area contributed by atoms with Crippen molar-refractivity contribution in [3.05, 3.63) is 59.4 Å². The number of hydrogen-bond acceptors (Lipinski definition) is 4. The highest BCUT2D eigenvalue weighted by Gasteiger charge is 2.16. The number of rotatable bonds is 8. The SMILES string of the molecule is CN=C(NCCCN1CCN(c2ccccc2)CC1)NCCc1ccc(Cl)nc1. The Morgan fingerprint density at radius 2 is 1.79 bits per heavy atom. The second-order valence-corrected chi connectivity index (χ2v) is 7.57. The average molecular weight is 415 g/mol. The zero-order valence-corrected chi connectivity index (χ0v) is 17.9. The molecule has 2 aromatic rings. The van der Waals surface area contributed by atoms with Crippen molar-refractivity contribution in [2.24, 2.45) is 4.99 Å². The van der Waals surface area contributed by atoms with Gasteiger partial charge in [0.25, 0.3) is 0 Å². The molecule has 0 bridgehead atoms. The molecule has 0 saturated carbocycles. The summed E-state index contributed by atoms with van der Waals surface area (Å²) in [4.78, 5) is 13.4. The molecule has 2 heterocycles. The Hall–Kier alpha value is -2.31. The Morgan fingerprint density at radius 1 is 1.03 bits per heavy atom. The summed E-state index contributed by atoms with van der Waals surface area (Å²) in [7, 11) is 1.81. The number of piperazine rings is 1. The largest absolute Gasteiger partial charge is 0.369 e. The lowest BCUT2D eigenvalue weighted by Crippen LogP contribution is -2.47. The van der Waals surface area contributed by atoms with E-state index in [1.165, 1.54) is 5.69 Å². The summed E-state index contributed by atoms with van der Waals surface area (Å²) in [5.74, 6) is 0.848. The molecule has 0 aliphatic carbocycles. The monoisotopic (exact) mass is 414 g/mol. The van der Waals surface area contributed by atoms with Crippen molar-refractivity contribution in [3.8, 4) is 0 Å². The number of guanidine groups is 1. The van der Waals surface area contributed by atoms with E-state index in [2.05, 4.69) is 60.7 Å². The molecule has 1 fully saturated rings. The third-order valence-corrected chi connectivity index (χ3v) is 5.38. The predicted molar refractivity (Wildman–Crippen MR) is 122 cm³/mol. The highest BCUT2D eigenvalue weighted by molar-refractivity contribution is 6.29. The molecule has 1 aromatic heterocycles. The fourth-order valence-corrected chi connectivity index (χ4v) is 3.59. The van der Waals surface area contributed by atoms with Gasteiger partial charge < -0.3 is 15.5 Å². The molecular formula is C22H31ClN6. The van der Waals surface area contributed by atoms with Crippen molar-refractivity contribution in [1.82, 2.24) is 20.5 Å². The van der Waals surface area contributed by atoms with E-state index in [4.69, 9.17) is 11.6 Å². The van der Waals surface area contributed by atoms with E-state index in [0.717, 1.165) is 70.2 Å². The van der Waals surface area contributed by atoms with Crippen LogP contribution in [-0.2, 0) is 6.42 Å². The van der Waals surface area contributed by atoms with Crippen molar-refractivity contribution in [1.29, 1.82) is 0 Å². The van der Waals surface area contributed by atoms with Gasteiger partial charge >= 0.3 is 0 Å². The van der Waals surface area contributed by atoms with Gasteiger partial charge in [-0.1, -0.05) is 35.9 Å². The number of anilines is 1. The smallest absolute Gasteiger partial charge is 0.190 e. The molecule has 0 spiro atoms. The van der Waals surface area contributed by atoms with Gasteiger partial charge in [-0.05, 0) is 43.1 Å². The first-order valence-corrected chi connectivity index (χ1v) is 10.7. The van der Waals surface area contributed by atoms with Crippen LogP contribution in [0.5, 0.6) is 0 Å². The van der Waals surface area contributed by atoms with Gasteiger partial charge in [-0.25, -0.2) is 4.98 Å². The Kier molecular flexibility index (Phi) is 8.58. The van der Waals surface area contributed by atoms with Gasteiger partial charge in [-0.3, -0.25) is 9.89 Å². The van der Waals surface area contributed by atoms with Crippen molar-refractivity contribution in [2.75, 3.05) is 57.8 Å². The first-order chi connectivity index (χ1) is 14.2. The molecule has 29 heavy (non-hydrogen) atoms. The summed E-state index contributed by atoms with van der Waals surface area (Å²) in [5.41, 5.74) is 2.49. The topological polar surface area (TPSA) is 55.8 Å². The van der Waals surface area contributed by atoms with Gasteiger partial charge in [0, 0.05) is 58.2 Å². The van der Waals surface area contributed by atoms with Crippen LogP contribution < -0.4 is 15.5 Å². The predicted octanol–water partition coefficient (Wildman–Crippen LogP) is 2.65. The Morgan fingerprint density at radius 3 is 2.48 bits per heavy atom. The molecule has 0 amide bonds. The van der Waals surface area contributed by atoms with Crippen LogP contribution in [0.4, 0.5) is 5.69 Å². The van der Waals surface area contributed by atoms with Gasteiger partial charge in [0.15, 0.2) is 5.96 Å². The minimum absolute atomic E-state index is 0.528. The molecule has 2 N–H and O–H groups in total. The molecule has 156 valence electrons. The number of nitrogens with one attached hydrogen (secondary N) is 2. The zero-order chi connectivity index (χ0) is 20.3. The maximum absolute atomic E-state index is 5.82. The van der Waals surface area contributed by atoms with Crippen molar-refractivity contribution in [2.45, 2.75) is 12.8 Å². The van der Waals surface area contributed by atoms with Gasteiger partial charge in [-0.15, -0.1) is 0 Å². The van der Waals surface area contributed by atoms with E-state index in [0.29, 0.717) is 5.15 Å². The first-order valence-electron chi connectivity index (χ1n) is 10.3. The van der Waals surface area contributed by atoms with Crippen molar-refractivity contribution < 1.29 is 0 Å². The minimum Gasteiger partial charge on any atom is -0.369 e. The Balaban J connectivity index is 1.27. The summed E-state index contributed by atoms with van der Waals surface area (Å²) in [6.45, 7) is 7.28. The molecule has 7 heteroatoms. The van der Waals surface area contributed by atoms with Crippen molar-refractivity contribution >= 4 is 23.2 Å². The van der Waals surface area contributed by atoms with Gasteiger partial charge in [0.1, 0.15) is 5.15 Å². The molecule has 1 aliphatic rings. The standard InChI is InChI=1S/C22H31ClN6/c1-24-22(26-12-10-19-8-9-21(23)27-18-19)25-11-5-13-28-14-16-29(17-15-28)20-6-3-2-4-7-20/h2-4,6-9,18H,5,10-17H2,1H3,(H2,24,25,26). The second kappa shape index (κ2) is 11.6. The van der Waals surface area contributed by atoms with Crippen LogP contribution in [-0.4, -0.2) is 68.7 Å². The first kappa shape index (κ1) is 21.4. The number of nitrogens with zero attached hydrogens (tertiary/aromatic N) is 4. The van der Waals surface area contributed by atoms with Crippen LogP contribution in [0.25, 0.3) is 0 Å². The number of pyridine rings is 1. The van der Waals surface area contributed by atoms with Gasteiger partial charge in [0.05, 0.1) is 0 Å². The highest BCUT2D eigenvalue weighted by Crippen LogP contribution is 2.15. The number of halogens is 1. The highest BCUT2D eigenvalue weighted by atomic mass is 35.5. The molecule has 1 aromatic carbocycles. The van der Waals surface area contributed by atoms with E-state index in [1.807, 2.05) is 25.4 Å². The van der Waals surface area contributed by atoms with Crippen LogP contribution in [0.1, 0.15) is 12.0 Å². The van der Waals surface area contributed by atoms with Crippen molar-refractivity contribution in [3.63, 3.8) is 0 Å². The van der Waals surface area contributed by atoms with E-state index < -0.39 is 0 Å². The molecule has 1 aliphatic heterocycles. The fourth-order valence-electron chi connectivity index (χ4n) is 3.48. The summed E-state index contributed by atoms with van der Waals surface area (Å²) < 4.78 is 0. The summed E-state index contributed by atoms with van der Waals surface area (Å²) in [5, 5.41) is 7.29. The zero-order valence-electron chi connectivity index (χ0n) is 17.1. The quantitative estimate of drug-likeness (QED) is 0.301. The third-order valence-electron chi connectivity index (χ3n) is 5.16. The van der Waals surface area contributed by atoms with Crippen LogP contribution in [0.15, 0.2) is 53.7 Å². The van der Waals surface area contributed by atoms with E-state index in [1.54, 1.807) is 0 Å². The van der Waals surface area contributed by atoms with E-state index in [-0.39, 0.29) is 0 Å². The molecule has 0 atom stereocenters. The molecule has 3 rings (SSSR count).